The van der Waals surface area contributed by atoms with Crippen molar-refractivity contribution in [1.29, 1.82) is 0 Å². The summed E-state index contributed by atoms with van der Waals surface area (Å²) in [7, 11) is 0. The van der Waals surface area contributed by atoms with Gasteiger partial charge in [-0.25, -0.2) is 0 Å². The predicted molar refractivity (Wildman–Crippen MR) is 187 cm³/mol. The number of benzene rings is 4. The van der Waals surface area contributed by atoms with Crippen molar-refractivity contribution in [2.45, 2.75) is 26.3 Å². The number of phenols is 2. The number of likely N-dealkylation sites (tertiary alicyclic amines) is 1. The van der Waals surface area contributed by atoms with Gasteiger partial charge in [0.2, 0.25) is 11.8 Å². The second kappa shape index (κ2) is 14.5. The van der Waals surface area contributed by atoms with Gasteiger partial charge in [0.15, 0.2) is 22.7 Å². The van der Waals surface area contributed by atoms with Crippen LogP contribution in [-0.2, 0) is 16.1 Å². The van der Waals surface area contributed by atoms with Gasteiger partial charge in [0, 0.05) is 63.5 Å². The van der Waals surface area contributed by atoms with Crippen LogP contribution in [0.1, 0.15) is 34.5 Å². The molecule has 3 heterocycles. The van der Waals surface area contributed by atoms with E-state index in [2.05, 4.69) is 59.6 Å². The monoisotopic (exact) mass is 662 g/mol. The average molecular weight is 663 g/mol. The van der Waals surface area contributed by atoms with Gasteiger partial charge in [0.1, 0.15) is 5.58 Å². The molecule has 3 N–H and O–H groups in total. The van der Waals surface area contributed by atoms with E-state index >= 15 is 0 Å². The predicted octanol–water partition coefficient (Wildman–Crippen LogP) is 4.55. The van der Waals surface area contributed by atoms with Crippen molar-refractivity contribution < 1.29 is 29.0 Å². The number of anilines is 1. The number of hydrogen-bond acceptors (Lipinski definition) is 8. The van der Waals surface area contributed by atoms with Crippen LogP contribution in [-0.4, -0.2) is 77.0 Å². The first-order valence-electron chi connectivity index (χ1n) is 16.3. The van der Waals surface area contributed by atoms with Gasteiger partial charge in [-0.15, -0.1) is 0 Å². The van der Waals surface area contributed by atoms with Crippen molar-refractivity contribution in [3.05, 3.63) is 112 Å². The van der Waals surface area contributed by atoms with Crippen LogP contribution in [0.15, 0.2) is 94.1 Å². The van der Waals surface area contributed by atoms with Crippen LogP contribution in [0.2, 0.25) is 0 Å². The number of amides is 3. The smallest absolute Gasteiger partial charge is 0.287 e. The molecule has 11 heteroatoms. The summed E-state index contributed by atoms with van der Waals surface area (Å²) >= 11 is 0. The minimum absolute atomic E-state index is 0.0133. The number of piperazine rings is 1. The minimum atomic E-state index is -0.742. The van der Waals surface area contributed by atoms with Crippen molar-refractivity contribution in [2.75, 3.05) is 44.2 Å². The molecule has 0 saturated carbocycles. The van der Waals surface area contributed by atoms with Crippen molar-refractivity contribution in [3.63, 3.8) is 0 Å². The van der Waals surface area contributed by atoms with Gasteiger partial charge in [-0.2, -0.15) is 0 Å². The van der Waals surface area contributed by atoms with E-state index in [0.29, 0.717) is 39.1 Å². The van der Waals surface area contributed by atoms with E-state index < -0.39 is 22.8 Å². The molecule has 49 heavy (non-hydrogen) atoms. The fraction of sp³-hybridized carbons (Fsp3) is 0.263. The normalized spacial score (nSPS) is 14.6. The quantitative estimate of drug-likeness (QED) is 0.225. The Morgan fingerprint density at radius 3 is 2.29 bits per heavy atom. The van der Waals surface area contributed by atoms with Gasteiger partial charge in [0.05, 0.1) is 11.9 Å². The van der Waals surface area contributed by atoms with Gasteiger partial charge in [0.25, 0.3) is 5.91 Å². The van der Waals surface area contributed by atoms with Gasteiger partial charge >= 0.3 is 0 Å². The molecule has 2 aliphatic rings. The number of nitrogens with one attached hydrogen (secondary N) is 1. The highest BCUT2D eigenvalue weighted by Crippen LogP contribution is 2.29. The van der Waals surface area contributed by atoms with E-state index in [4.69, 9.17) is 4.42 Å². The van der Waals surface area contributed by atoms with Gasteiger partial charge < -0.3 is 34.6 Å². The van der Waals surface area contributed by atoms with E-state index in [1.165, 1.54) is 16.3 Å². The Labute approximate surface area is 283 Å². The number of carbonyl (C=O) groups excluding carboxylic acids is 3. The number of rotatable bonds is 6. The molecular formula is C38H38N4O7. The van der Waals surface area contributed by atoms with Crippen LogP contribution in [0.4, 0.5) is 5.69 Å². The maximum atomic E-state index is 12.8. The molecule has 0 bridgehead atoms. The molecule has 1 aromatic heterocycles. The van der Waals surface area contributed by atoms with Gasteiger partial charge in [-0.05, 0) is 41.8 Å². The van der Waals surface area contributed by atoms with E-state index in [-0.39, 0.29) is 35.1 Å². The Bertz CT molecular complexity index is 2080. The third-order valence-electron chi connectivity index (χ3n) is 8.85. The van der Waals surface area contributed by atoms with Crippen LogP contribution < -0.4 is 15.6 Å². The molecule has 2 aliphatic heterocycles. The lowest BCUT2D eigenvalue weighted by Gasteiger charge is -2.37. The molecule has 4 aromatic carbocycles. The van der Waals surface area contributed by atoms with Crippen LogP contribution in [0, 0.1) is 6.92 Å². The van der Waals surface area contributed by atoms with E-state index in [9.17, 15) is 29.4 Å². The lowest BCUT2D eigenvalue weighted by molar-refractivity contribution is -0.130. The second-order valence-electron chi connectivity index (χ2n) is 12.3. The summed E-state index contributed by atoms with van der Waals surface area (Å²) in [5.74, 6) is -2.10. The minimum Gasteiger partial charge on any atom is -0.504 e. The number of fused-ring (bicyclic) bond motifs is 2. The topological polar surface area (TPSA) is 144 Å². The zero-order valence-corrected chi connectivity index (χ0v) is 27.2. The molecule has 3 amide bonds. The summed E-state index contributed by atoms with van der Waals surface area (Å²) in [6, 6.07) is 26.0. The SMILES string of the molecule is Cc1ccc2ccccc2c1.O=C(NCC(=O)N1CCN(c2ccccc2CN2CCCC2=O)CC1)c1cc(=O)c2cc(O)c(O)cc2o1. The Balaban J connectivity index is 0.000000319. The molecule has 0 aliphatic carbocycles. The first-order chi connectivity index (χ1) is 23.7. The fourth-order valence-corrected chi connectivity index (χ4v) is 6.18. The number of nitrogens with zero attached hydrogens (tertiary/aromatic N) is 3. The second-order valence-corrected chi connectivity index (χ2v) is 12.3. The Hall–Kier alpha value is -5.84. The molecular weight excluding hydrogens is 624 g/mol. The van der Waals surface area contributed by atoms with Gasteiger partial charge in [-0.1, -0.05) is 66.2 Å². The zero-order valence-electron chi connectivity index (χ0n) is 27.2. The fourth-order valence-electron chi connectivity index (χ4n) is 6.18. The lowest BCUT2D eigenvalue weighted by Crippen LogP contribution is -2.51. The van der Waals surface area contributed by atoms with Crippen molar-refractivity contribution >= 4 is 45.2 Å². The summed E-state index contributed by atoms with van der Waals surface area (Å²) in [6.07, 6.45) is 1.49. The Morgan fingerprint density at radius 1 is 0.816 bits per heavy atom. The molecule has 11 nitrogen and oxygen atoms in total. The van der Waals surface area contributed by atoms with Crippen molar-refractivity contribution in [3.8, 4) is 11.5 Å². The van der Waals surface area contributed by atoms with Crippen LogP contribution in [0.3, 0.4) is 0 Å². The molecule has 252 valence electrons. The summed E-state index contributed by atoms with van der Waals surface area (Å²) in [4.78, 5) is 55.5. The third-order valence-corrected chi connectivity index (χ3v) is 8.85. The molecule has 2 fully saturated rings. The van der Waals surface area contributed by atoms with Crippen molar-refractivity contribution in [2.24, 2.45) is 0 Å². The summed E-state index contributed by atoms with van der Waals surface area (Å²) in [5, 5.41) is 24.4. The lowest BCUT2D eigenvalue weighted by atomic mass is 10.1. The number of hydrogen-bond donors (Lipinski definition) is 3. The zero-order chi connectivity index (χ0) is 34.5. The molecule has 5 aromatic rings. The Morgan fingerprint density at radius 2 is 1.53 bits per heavy atom. The molecule has 0 unspecified atom stereocenters. The number of aryl methyl sites for hydroxylation is 1. The van der Waals surface area contributed by atoms with Crippen LogP contribution >= 0.6 is 0 Å². The van der Waals surface area contributed by atoms with E-state index in [1.807, 2.05) is 29.2 Å². The van der Waals surface area contributed by atoms with Gasteiger partial charge in [-0.3, -0.25) is 19.2 Å². The molecule has 7 rings (SSSR count). The van der Waals surface area contributed by atoms with Crippen molar-refractivity contribution in [1.82, 2.24) is 15.1 Å². The standard InChI is InChI=1S/C27H28N4O7.C11H10/c32-20-13-24(38-23-14-22(34)21(33)12-18(20)23)27(37)28-15-26(36)30-10-8-29(9-11-30)19-5-2-1-4-17(19)16-31-7-3-6-25(31)35;1-9-6-7-10-4-2-3-5-11(10)8-9/h1-2,4-5,12-14,33-34H,3,6-11,15-16H2,(H,28,37);2-8H,1H3. The summed E-state index contributed by atoms with van der Waals surface area (Å²) < 4.78 is 5.41. The van der Waals surface area contributed by atoms with Crippen LogP contribution in [0.5, 0.6) is 11.5 Å². The number of carbonyl (C=O) groups is 3. The number of aromatic hydroxyl groups is 2. The van der Waals surface area contributed by atoms with Crippen LogP contribution in [0.25, 0.3) is 21.7 Å². The highest BCUT2D eigenvalue weighted by Gasteiger charge is 2.26. The molecule has 2 saturated heterocycles. The summed E-state index contributed by atoms with van der Waals surface area (Å²) in [5.41, 5.74) is 2.83. The maximum Gasteiger partial charge on any atom is 0.287 e. The third kappa shape index (κ3) is 7.67. The Kier molecular flexibility index (Phi) is 9.79. The van der Waals surface area contributed by atoms with E-state index in [1.54, 1.807) is 4.90 Å². The average Bonchev–Trinajstić information content (AvgIpc) is 3.52. The number of phenolic OH excluding ortho intramolecular Hbond substituents is 2. The largest absolute Gasteiger partial charge is 0.504 e. The maximum absolute atomic E-state index is 12.8. The first kappa shape index (κ1) is 33.1. The molecule has 0 spiro atoms. The highest BCUT2D eigenvalue weighted by molar-refractivity contribution is 5.95. The number of para-hydroxylation sites is 1. The van der Waals surface area contributed by atoms with E-state index in [0.717, 1.165) is 42.4 Å². The summed E-state index contributed by atoms with van der Waals surface area (Å²) in [6.45, 7) is 5.36. The highest BCUT2D eigenvalue weighted by atomic mass is 16.3. The first-order valence-corrected chi connectivity index (χ1v) is 16.3. The molecule has 0 atom stereocenters. The molecule has 0 radical (unpaired) electrons.